The van der Waals surface area contributed by atoms with Crippen molar-refractivity contribution in [2.24, 2.45) is 10.3 Å². The second-order valence-electron chi connectivity index (χ2n) is 8.31. The highest BCUT2D eigenvalue weighted by atomic mass is 32.2. The first-order valence-corrected chi connectivity index (χ1v) is 13.7. The fraction of sp³-hybridized carbons (Fsp3) is 0.238. The highest BCUT2D eigenvalue weighted by Crippen LogP contribution is 2.34. The van der Waals surface area contributed by atoms with Crippen LogP contribution in [0.15, 0.2) is 56.6 Å². The molecule has 2 aliphatic rings. The second-order valence-corrected chi connectivity index (χ2v) is 11.6. The minimum Gasteiger partial charge on any atom is -0.506 e. The number of hydrogen-bond acceptors (Lipinski definition) is 8. The molecule has 0 radical (unpaired) electrons. The molecule has 5 rings (SSSR count). The van der Waals surface area contributed by atoms with Crippen LogP contribution in [0.2, 0.25) is 0 Å². The number of benzene rings is 2. The van der Waals surface area contributed by atoms with E-state index in [9.17, 15) is 26.7 Å². The van der Waals surface area contributed by atoms with E-state index in [0.29, 0.717) is 23.4 Å². The van der Waals surface area contributed by atoms with Crippen molar-refractivity contribution in [3.05, 3.63) is 58.4 Å². The molecule has 3 aromatic rings. The molecule has 11 nitrogen and oxygen atoms in total. The number of sulfonamides is 2. The third-order valence-electron chi connectivity index (χ3n) is 5.55. The highest BCUT2D eigenvalue weighted by molar-refractivity contribution is 7.92. The summed E-state index contributed by atoms with van der Waals surface area (Å²) in [5, 5.41) is 14.1. The van der Waals surface area contributed by atoms with E-state index in [1.165, 1.54) is 16.8 Å². The maximum Gasteiger partial charge on any atom is 0.286 e. The Morgan fingerprint density at radius 2 is 1.94 bits per heavy atom. The van der Waals surface area contributed by atoms with Gasteiger partial charge in [-0.15, -0.1) is 4.40 Å². The van der Waals surface area contributed by atoms with Crippen LogP contribution in [0.4, 0.5) is 11.4 Å². The number of fused-ring (bicyclic) bond motifs is 2. The van der Waals surface area contributed by atoms with E-state index in [1.807, 2.05) is 0 Å². The van der Waals surface area contributed by atoms with Crippen LogP contribution in [0.5, 0.6) is 5.75 Å². The summed E-state index contributed by atoms with van der Waals surface area (Å²) in [5.41, 5.74) is 2.72. The van der Waals surface area contributed by atoms with Gasteiger partial charge in [0.25, 0.3) is 15.6 Å². The maximum absolute atomic E-state index is 13.4. The number of nitrogens with one attached hydrogen (secondary N) is 3. The maximum atomic E-state index is 13.4. The third kappa shape index (κ3) is 4.07. The van der Waals surface area contributed by atoms with Crippen LogP contribution < -0.4 is 21.0 Å². The van der Waals surface area contributed by atoms with E-state index in [1.54, 1.807) is 24.3 Å². The van der Waals surface area contributed by atoms with Gasteiger partial charge in [0.05, 0.1) is 17.5 Å². The molecule has 4 N–H and O–H groups in total. The Balaban J connectivity index is 1.64. The van der Waals surface area contributed by atoms with Crippen molar-refractivity contribution in [1.82, 2.24) is 4.68 Å². The van der Waals surface area contributed by atoms with Crippen molar-refractivity contribution in [1.29, 1.82) is 0 Å². The lowest BCUT2D eigenvalue weighted by Crippen LogP contribution is -2.37. The zero-order valence-electron chi connectivity index (χ0n) is 17.9. The molecule has 2 aromatic carbocycles. The summed E-state index contributed by atoms with van der Waals surface area (Å²) in [6.07, 6.45) is 3.06. The molecular weight excluding hydrogens is 482 g/mol. The molecule has 0 atom stereocenters. The lowest BCUT2D eigenvalue weighted by molar-refractivity contribution is 0.478. The molecule has 0 spiro atoms. The van der Waals surface area contributed by atoms with Gasteiger partial charge in [-0.1, -0.05) is 12.1 Å². The van der Waals surface area contributed by atoms with E-state index < -0.39 is 31.4 Å². The first-order valence-electron chi connectivity index (χ1n) is 10.4. The lowest BCUT2D eigenvalue weighted by atomic mass is 10.1. The molecule has 1 aromatic heterocycles. The molecule has 1 fully saturated rings. The molecule has 0 amide bonds. The van der Waals surface area contributed by atoms with Gasteiger partial charge in [-0.05, 0) is 49.1 Å². The number of aromatic hydroxyl groups is 1. The van der Waals surface area contributed by atoms with Crippen LogP contribution in [0.3, 0.4) is 0 Å². The normalized spacial score (nSPS) is 16.9. The number of para-hydroxylation sites is 1. The molecule has 13 heteroatoms. The van der Waals surface area contributed by atoms with Gasteiger partial charge in [-0.3, -0.25) is 9.52 Å². The molecule has 1 aliphatic heterocycles. The van der Waals surface area contributed by atoms with E-state index in [4.69, 9.17) is 0 Å². The van der Waals surface area contributed by atoms with E-state index in [-0.39, 0.29) is 27.7 Å². The predicted molar refractivity (Wildman–Crippen MR) is 129 cm³/mol. The fourth-order valence-corrected chi connectivity index (χ4v) is 5.49. The number of hydrogen-bond donors (Lipinski definition) is 4. The van der Waals surface area contributed by atoms with Gasteiger partial charge in [-0.2, -0.15) is 8.42 Å². The molecule has 0 unspecified atom stereocenters. The van der Waals surface area contributed by atoms with Gasteiger partial charge in [0.15, 0.2) is 5.84 Å². The zero-order valence-corrected chi connectivity index (χ0v) is 19.6. The molecule has 178 valence electrons. The van der Waals surface area contributed by atoms with Gasteiger partial charge in [0, 0.05) is 17.6 Å². The Morgan fingerprint density at radius 1 is 1.21 bits per heavy atom. The van der Waals surface area contributed by atoms with Crippen LogP contribution in [-0.2, 0) is 20.0 Å². The molecular formula is C21H21N5O6S2. The summed E-state index contributed by atoms with van der Waals surface area (Å²) in [7, 11) is -7.95. The largest absolute Gasteiger partial charge is 0.506 e. The first-order chi connectivity index (χ1) is 16.0. The third-order valence-corrected chi connectivity index (χ3v) is 7.48. The van der Waals surface area contributed by atoms with Gasteiger partial charge >= 0.3 is 0 Å². The lowest BCUT2D eigenvalue weighted by Gasteiger charge is -2.21. The Kier molecular flexibility index (Phi) is 5.06. The molecule has 1 saturated carbocycles. The summed E-state index contributed by atoms with van der Waals surface area (Å²) in [5.74, 6) is -0.271. The molecule has 34 heavy (non-hydrogen) atoms. The fourth-order valence-electron chi connectivity index (χ4n) is 3.78. The average Bonchev–Trinajstić information content (AvgIpc) is 3.57. The van der Waals surface area contributed by atoms with Crippen LogP contribution in [0.1, 0.15) is 18.4 Å². The van der Waals surface area contributed by atoms with Crippen molar-refractivity contribution in [2.75, 3.05) is 28.3 Å². The number of pyridine rings is 1. The predicted octanol–water partition coefficient (Wildman–Crippen LogP) is 1.59. The number of anilines is 2. The monoisotopic (exact) mass is 503 g/mol. The van der Waals surface area contributed by atoms with Gasteiger partial charge < -0.3 is 15.8 Å². The van der Waals surface area contributed by atoms with E-state index in [2.05, 4.69) is 19.9 Å². The van der Waals surface area contributed by atoms with Crippen molar-refractivity contribution in [3.8, 4) is 5.75 Å². The Morgan fingerprint density at radius 3 is 2.65 bits per heavy atom. The molecule has 2 heterocycles. The van der Waals surface area contributed by atoms with Crippen molar-refractivity contribution in [2.45, 2.75) is 17.7 Å². The standard InChI is InChI=1S/C21H21N5O6S2/c1-33(29,30)24-13-8-9-15-17(10-13)34(31,32)25-20(23-15)18-19(27)14-4-2-3-5-16(14)26(21(18)28)22-11-12-6-7-12/h2-5,8-10,12,22,24,27H,6-7,11H2,1H3,(H,23,25). The SMILES string of the molecule is CS(=O)(=O)Nc1ccc2c(c1)S(=O)(=O)N=C(c1c(O)c3ccccc3n(NCC3CC3)c1=O)N2. The summed E-state index contributed by atoms with van der Waals surface area (Å²) in [6.45, 7) is 0.561. The van der Waals surface area contributed by atoms with Gasteiger partial charge in [0.2, 0.25) is 10.0 Å². The molecule has 0 saturated heterocycles. The number of aromatic nitrogens is 1. The zero-order chi connectivity index (χ0) is 24.3. The van der Waals surface area contributed by atoms with Crippen LogP contribution in [-0.4, -0.2) is 45.3 Å². The van der Waals surface area contributed by atoms with Crippen LogP contribution in [0.25, 0.3) is 10.9 Å². The average molecular weight is 504 g/mol. The van der Waals surface area contributed by atoms with E-state index in [0.717, 1.165) is 25.2 Å². The summed E-state index contributed by atoms with van der Waals surface area (Å²) >= 11 is 0. The summed E-state index contributed by atoms with van der Waals surface area (Å²) in [6, 6.07) is 10.6. The van der Waals surface area contributed by atoms with Crippen molar-refractivity contribution >= 4 is 48.2 Å². The molecule has 0 bridgehead atoms. The number of rotatable bonds is 6. The van der Waals surface area contributed by atoms with Gasteiger partial charge in [0.1, 0.15) is 16.2 Å². The van der Waals surface area contributed by atoms with E-state index >= 15 is 0 Å². The van der Waals surface area contributed by atoms with Crippen molar-refractivity contribution in [3.63, 3.8) is 0 Å². The number of amidine groups is 1. The van der Waals surface area contributed by atoms with Gasteiger partial charge in [-0.25, -0.2) is 13.1 Å². The highest BCUT2D eigenvalue weighted by Gasteiger charge is 2.31. The summed E-state index contributed by atoms with van der Waals surface area (Å²) < 4.78 is 56.2. The summed E-state index contributed by atoms with van der Waals surface area (Å²) in [4.78, 5) is 13.2. The first kappa shape index (κ1) is 22.2. The van der Waals surface area contributed by atoms with Crippen LogP contribution in [0, 0.1) is 5.92 Å². The second kappa shape index (κ2) is 7.74. The topological polar surface area (TPSA) is 159 Å². The van der Waals surface area contributed by atoms with Crippen LogP contribution >= 0.6 is 0 Å². The van der Waals surface area contributed by atoms with Crippen molar-refractivity contribution < 1.29 is 21.9 Å². The smallest absolute Gasteiger partial charge is 0.286 e. The Hall–Kier alpha value is -3.58. The minimum atomic E-state index is -4.32. The Bertz CT molecular complexity index is 1640. The molecule has 1 aliphatic carbocycles. The Labute approximate surface area is 195 Å². The quantitative estimate of drug-likeness (QED) is 0.395. The minimum absolute atomic E-state index is 0.0467. The number of nitrogens with zero attached hydrogens (tertiary/aromatic N) is 2.